The van der Waals surface area contributed by atoms with Crippen LogP contribution in [-0.4, -0.2) is 59.1 Å². The molecule has 1 aromatic rings. The minimum absolute atomic E-state index is 0.0360. The summed E-state index contributed by atoms with van der Waals surface area (Å²) in [4.78, 5) is 14.3. The summed E-state index contributed by atoms with van der Waals surface area (Å²) in [6, 6.07) is 4.52. The van der Waals surface area contributed by atoms with Crippen LogP contribution in [0.25, 0.3) is 0 Å². The Morgan fingerprint density at radius 1 is 1.45 bits per heavy atom. The van der Waals surface area contributed by atoms with E-state index in [1.54, 1.807) is 11.0 Å². The number of amides is 1. The van der Waals surface area contributed by atoms with Gasteiger partial charge in [0.05, 0.1) is 7.11 Å². The molecule has 0 bridgehead atoms. The van der Waals surface area contributed by atoms with Crippen molar-refractivity contribution in [3.63, 3.8) is 0 Å². The predicted octanol–water partition coefficient (Wildman–Crippen LogP) is 0.0372. The molecule has 1 aromatic carbocycles. The lowest BCUT2D eigenvalue weighted by Crippen LogP contribution is -2.52. The molecular weight excluding hydrogens is 306 g/mol. The summed E-state index contributed by atoms with van der Waals surface area (Å²) in [5.74, 6) is 0.0310. The van der Waals surface area contributed by atoms with Gasteiger partial charge in [0.15, 0.2) is 0 Å². The van der Waals surface area contributed by atoms with E-state index in [-0.39, 0.29) is 22.6 Å². The van der Waals surface area contributed by atoms with Crippen LogP contribution in [0.2, 0.25) is 0 Å². The van der Waals surface area contributed by atoms with Crippen molar-refractivity contribution in [2.45, 2.75) is 17.9 Å². The molecule has 1 saturated heterocycles. The highest BCUT2D eigenvalue weighted by Crippen LogP contribution is 2.25. The van der Waals surface area contributed by atoms with Crippen molar-refractivity contribution in [1.29, 1.82) is 0 Å². The highest BCUT2D eigenvalue weighted by atomic mass is 32.2. The van der Waals surface area contributed by atoms with Crippen LogP contribution in [0, 0.1) is 0 Å². The first-order valence-corrected chi connectivity index (χ1v) is 8.52. The van der Waals surface area contributed by atoms with Crippen LogP contribution in [0.5, 0.6) is 5.75 Å². The number of methoxy groups -OCH3 is 1. The van der Waals surface area contributed by atoms with Crippen molar-refractivity contribution in [2.75, 3.05) is 33.8 Å². The second-order valence-electron chi connectivity index (χ2n) is 5.12. The van der Waals surface area contributed by atoms with Crippen LogP contribution in [0.3, 0.4) is 0 Å². The highest BCUT2D eigenvalue weighted by Gasteiger charge is 2.26. The monoisotopic (exact) mass is 327 g/mol. The summed E-state index contributed by atoms with van der Waals surface area (Å²) in [5.41, 5.74) is 0.336. The number of nitrogens with one attached hydrogen (secondary N) is 2. The quantitative estimate of drug-likeness (QED) is 0.815. The molecule has 8 heteroatoms. The highest BCUT2D eigenvalue weighted by molar-refractivity contribution is 7.89. The molecule has 1 amide bonds. The lowest BCUT2D eigenvalue weighted by atomic mass is 10.1. The van der Waals surface area contributed by atoms with Crippen molar-refractivity contribution in [3.05, 3.63) is 23.8 Å². The summed E-state index contributed by atoms with van der Waals surface area (Å²) in [6.07, 6.45) is 0. The van der Waals surface area contributed by atoms with Crippen LogP contribution in [0.4, 0.5) is 0 Å². The summed E-state index contributed by atoms with van der Waals surface area (Å²) in [6.45, 7) is 4.01. The SMILES string of the molecule is CNS(=O)(=O)c1cc(C(=O)N2CCNC[C@@H]2C)ccc1OC. The van der Waals surface area contributed by atoms with E-state index < -0.39 is 10.0 Å². The Kier molecular flexibility index (Phi) is 5.05. The van der Waals surface area contributed by atoms with E-state index in [4.69, 9.17) is 4.74 Å². The van der Waals surface area contributed by atoms with E-state index >= 15 is 0 Å². The third-order valence-electron chi connectivity index (χ3n) is 3.73. The van der Waals surface area contributed by atoms with Gasteiger partial charge in [-0.15, -0.1) is 0 Å². The van der Waals surface area contributed by atoms with Crippen LogP contribution in [-0.2, 0) is 10.0 Å². The molecule has 7 nitrogen and oxygen atoms in total. The Morgan fingerprint density at radius 3 is 2.77 bits per heavy atom. The topological polar surface area (TPSA) is 87.7 Å². The van der Waals surface area contributed by atoms with E-state index in [9.17, 15) is 13.2 Å². The molecule has 0 spiro atoms. The summed E-state index contributed by atoms with van der Waals surface area (Å²) < 4.78 is 31.5. The molecule has 122 valence electrons. The molecule has 1 aliphatic heterocycles. The number of hydrogen-bond acceptors (Lipinski definition) is 5. The van der Waals surface area contributed by atoms with E-state index in [1.807, 2.05) is 6.92 Å². The molecule has 0 aliphatic carbocycles. The Bertz CT molecular complexity index is 660. The van der Waals surface area contributed by atoms with Gasteiger partial charge in [0.25, 0.3) is 5.91 Å². The number of carbonyl (C=O) groups is 1. The Balaban J connectivity index is 2.40. The van der Waals surface area contributed by atoms with Gasteiger partial charge in [-0.25, -0.2) is 13.1 Å². The molecule has 0 radical (unpaired) electrons. The molecule has 2 rings (SSSR count). The molecule has 0 saturated carbocycles. The molecule has 0 aromatic heterocycles. The maximum atomic E-state index is 12.6. The Labute approximate surface area is 130 Å². The van der Waals surface area contributed by atoms with Crippen molar-refractivity contribution in [1.82, 2.24) is 14.9 Å². The van der Waals surface area contributed by atoms with Gasteiger partial charge in [-0.1, -0.05) is 0 Å². The minimum atomic E-state index is -3.70. The third kappa shape index (κ3) is 3.23. The number of hydrogen-bond donors (Lipinski definition) is 2. The van der Waals surface area contributed by atoms with Gasteiger partial charge in [0, 0.05) is 31.2 Å². The lowest BCUT2D eigenvalue weighted by molar-refractivity contribution is 0.0655. The number of benzene rings is 1. The summed E-state index contributed by atoms with van der Waals surface area (Å²) in [7, 11) is -0.985. The zero-order chi connectivity index (χ0) is 16.3. The second kappa shape index (κ2) is 6.64. The summed E-state index contributed by atoms with van der Waals surface area (Å²) in [5, 5.41) is 3.21. The first-order valence-electron chi connectivity index (χ1n) is 7.04. The lowest BCUT2D eigenvalue weighted by Gasteiger charge is -2.34. The fourth-order valence-corrected chi connectivity index (χ4v) is 3.36. The van der Waals surface area contributed by atoms with Gasteiger partial charge in [-0.05, 0) is 32.2 Å². The van der Waals surface area contributed by atoms with Crippen molar-refractivity contribution in [2.24, 2.45) is 0 Å². The second-order valence-corrected chi connectivity index (χ2v) is 6.98. The van der Waals surface area contributed by atoms with Crippen LogP contribution >= 0.6 is 0 Å². The molecule has 0 unspecified atom stereocenters. The number of carbonyl (C=O) groups excluding carboxylic acids is 1. The normalized spacial score (nSPS) is 19.0. The molecule has 22 heavy (non-hydrogen) atoms. The van der Waals surface area contributed by atoms with Gasteiger partial charge in [-0.3, -0.25) is 4.79 Å². The van der Waals surface area contributed by atoms with E-state index in [0.29, 0.717) is 12.1 Å². The van der Waals surface area contributed by atoms with E-state index in [2.05, 4.69) is 10.0 Å². The van der Waals surface area contributed by atoms with Gasteiger partial charge in [0.2, 0.25) is 10.0 Å². The zero-order valence-electron chi connectivity index (χ0n) is 12.9. The predicted molar refractivity (Wildman–Crippen MR) is 82.6 cm³/mol. The average molecular weight is 327 g/mol. The number of piperazine rings is 1. The standard InChI is InChI=1S/C14H21N3O4S/c1-10-9-16-6-7-17(10)14(18)11-4-5-12(21-3)13(8-11)22(19,20)15-2/h4-5,8,10,15-16H,6-7,9H2,1-3H3/t10-/m0/s1. The molecule has 2 N–H and O–H groups in total. The first kappa shape index (κ1) is 16.7. The zero-order valence-corrected chi connectivity index (χ0v) is 13.7. The fourth-order valence-electron chi connectivity index (χ4n) is 2.44. The van der Waals surface area contributed by atoms with Crippen LogP contribution < -0.4 is 14.8 Å². The third-order valence-corrected chi connectivity index (χ3v) is 5.17. The fraction of sp³-hybridized carbons (Fsp3) is 0.500. The van der Waals surface area contributed by atoms with Crippen LogP contribution in [0.15, 0.2) is 23.1 Å². The van der Waals surface area contributed by atoms with Crippen LogP contribution in [0.1, 0.15) is 17.3 Å². The molecule has 1 atom stereocenters. The van der Waals surface area contributed by atoms with Gasteiger partial charge in [-0.2, -0.15) is 0 Å². The van der Waals surface area contributed by atoms with Crippen molar-refractivity contribution < 1.29 is 17.9 Å². The molecule has 1 aliphatic rings. The maximum Gasteiger partial charge on any atom is 0.254 e. The average Bonchev–Trinajstić information content (AvgIpc) is 2.54. The Morgan fingerprint density at radius 2 is 2.18 bits per heavy atom. The Hall–Kier alpha value is -1.64. The molecule has 1 fully saturated rings. The van der Waals surface area contributed by atoms with Gasteiger partial charge in [0.1, 0.15) is 10.6 Å². The van der Waals surface area contributed by atoms with E-state index in [1.165, 1.54) is 26.3 Å². The smallest absolute Gasteiger partial charge is 0.254 e. The number of nitrogens with zero attached hydrogens (tertiary/aromatic N) is 1. The number of ether oxygens (including phenoxy) is 1. The summed E-state index contributed by atoms with van der Waals surface area (Å²) >= 11 is 0. The largest absolute Gasteiger partial charge is 0.495 e. The van der Waals surface area contributed by atoms with Crippen molar-refractivity contribution in [3.8, 4) is 5.75 Å². The number of rotatable bonds is 4. The van der Waals surface area contributed by atoms with E-state index in [0.717, 1.165) is 13.1 Å². The van der Waals surface area contributed by atoms with Gasteiger partial charge >= 0.3 is 0 Å². The maximum absolute atomic E-state index is 12.6. The number of sulfonamides is 1. The molecule has 1 heterocycles. The minimum Gasteiger partial charge on any atom is -0.495 e. The first-order chi connectivity index (χ1) is 10.4. The van der Waals surface area contributed by atoms with Gasteiger partial charge < -0.3 is 15.0 Å². The molecular formula is C14H21N3O4S. The van der Waals surface area contributed by atoms with Crippen molar-refractivity contribution >= 4 is 15.9 Å².